The molecule has 0 aliphatic rings. The number of carbonyl (C=O) groups excluding carboxylic acids is 1. The van der Waals surface area contributed by atoms with Gasteiger partial charge in [-0.25, -0.2) is 0 Å². The van der Waals surface area contributed by atoms with Crippen LogP contribution in [0, 0.1) is 0 Å². The molecular formula is C21H27NO3S. The Kier molecular flexibility index (Phi) is 8.51. The second kappa shape index (κ2) is 10.9. The van der Waals surface area contributed by atoms with Crippen LogP contribution in [0.5, 0.6) is 5.75 Å². The lowest BCUT2D eigenvalue weighted by Gasteiger charge is -2.20. The average Bonchev–Trinajstić information content (AvgIpc) is 2.67. The zero-order chi connectivity index (χ0) is 18.8. The maximum absolute atomic E-state index is 12.3. The molecule has 1 amide bonds. The van der Waals surface area contributed by atoms with Crippen molar-refractivity contribution in [1.29, 1.82) is 0 Å². The van der Waals surface area contributed by atoms with E-state index < -0.39 is 6.10 Å². The molecule has 0 aliphatic carbocycles. The number of ether oxygens (including phenoxy) is 1. The highest BCUT2D eigenvalue weighted by Gasteiger charge is 2.17. The van der Waals surface area contributed by atoms with Gasteiger partial charge in [0.05, 0.1) is 24.5 Å². The van der Waals surface area contributed by atoms with E-state index in [2.05, 4.69) is 5.32 Å². The molecule has 0 heterocycles. The summed E-state index contributed by atoms with van der Waals surface area (Å²) in [4.78, 5) is 12.3. The van der Waals surface area contributed by atoms with Gasteiger partial charge in [0.25, 0.3) is 0 Å². The molecule has 0 spiro atoms. The van der Waals surface area contributed by atoms with E-state index in [9.17, 15) is 9.90 Å². The van der Waals surface area contributed by atoms with Crippen LogP contribution in [0.2, 0.25) is 0 Å². The standard InChI is InChI=1S/C21H27NO3S/c1-3-18(17-12-8-9-13-20(17)25-4-2)22-21(24)15-26-14-19(23)16-10-6-5-7-11-16/h5-13,18-19,23H,3-4,14-15H2,1-2H3,(H,22,24). The van der Waals surface area contributed by atoms with Crippen molar-refractivity contribution in [3.8, 4) is 5.75 Å². The number of benzene rings is 2. The third kappa shape index (κ3) is 6.07. The molecule has 0 aliphatic heterocycles. The van der Waals surface area contributed by atoms with Crippen LogP contribution < -0.4 is 10.1 Å². The van der Waals surface area contributed by atoms with Crippen LogP contribution in [-0.4, -0.2) is 29.1 Å². The molecule has 26 heavy (non-hydrogen) atoms. The lowest BCUT2D eigenvalue weighted by molar-refractivity contribution is -0.119. The van der Waals surface area contributed by atoms with Gasteiger partial charge in [0.1, 0.15) is 5.75 Å². The summed E-state index contributed by atoms with van der Waals surface area (Å²) in [5.74, 6) is 1.59. The summed E-state index contributed by atoms with van der Waals surface area (Å²) in [7, 11) is 0. The lowest BCUT2D eigenvalue weighted by Crippen LogP contribution is -2.30. The maximum atomic E-state index is 12.3. The number of amides is 1. The summed E-state index contributed by atoms with van der Waals surface area (Å²) in [5, 5.41) is 13.2. The summed E-state index contributed by atoms with van der Waals surface area (Å²) in [6, 6.07) is 17.2. The van der Waals surface area contributed by atoms with E-state index in [4.69, 9.17) is 4.74 Å². The maximum Gasteiger partial charge on any atom is 0.230 e. The summed E-state index contributed by atoms with van der Waals surface area (Å²) in [5.41, 5.74) is 1.87. The number of rotatable bonds is 10. The van der Waals surface area contributed by atoms with Gasteiger partial charge in [-0.05, 0) is 25.0 Å². The predicted molar refractivity (Wildman–Crippen MR) is 108 cm³/mol. The fraction of sp³-hybridized carbons (Fsp3) is 0.381. The summed E-state index contributed by atoms with van der Waals surface area (Å²) in [6.07, 6.45) is 0.224. The first-order valence-electron chi connectivity index (χ1n) is 8.97. The number of carbonyl (C=O) groups is 1. The molecule has 0 saturated carbocycles. The number of nitrogens with one attached hydrogen (secondary N) is 1. The van der Waals surface area contributed by atoms with E-state index in [1.165, 1.54) is 11.8 Å². The van der Waals surface area contributed by atoms with Crippen LogP contribution in [0.1, 0.15) is 43.5 Å². The van der Waals surface area contributed by atoms with Crippen molar-refractivity contribution < 1.29 is 14.6 Å². The Morgan fingerprint density at radius 1 is 1.12 bits per heavy atom. The Balaban J connectivity index is 1.86. The van der Waals surface area contributed by atoms with Crippen molar-refractivity contribution in [3.63, 3.8) is 0 Å². The van der Waals surface area contributed by atoms with Gasteiger partial charge < -0.3 is 15.2 Å². The van der Waals surface area contributed by atoms with Crippen molar-refractivity contribution in [2.75, 3.05) is 18.1 Å². The van der Waals surface area contributed by atoms with E-state index in [0.717, 1.165) is 23.3 Å². The molecule has 4 nitrogen and oxygen atoms in total. The van der Waals surface area contributed by atoms with Gasteiger partial charge in [0.2, 0.25) is 5.91 Å². The van der Waals surface area contributed by atoms with Crippen molar-refractivity contribution in [1.82, 2.24) is 5.32 Å². The minimum atomic E-state index is -0.561. The average molecular weight is 374 g/mol. The van der Waals surface area contributed by atoms with Gasteiger partial charge in [-0.15, -0.1) is 11.8 Å². The molecule has 0 aromatic heterocycles. The van der Waals surface area contributed by atoms with Gasteiger partial charge in [-0.1, -0.05) is 55.5 Å². The fourth-order valence-electron chi connectivity index (χ4n) is 2.73. The van der Waals surface area contributed by atoms with E-state index in [1.807, 2.05) is 68.4 Å². The largest absolute Gasteiger partial charge is 0.494 e. The number of thioether (sulfide) groups is 1. The molecule has 140 valence electrons. The molecule has 2 unspecified atom stereocenters. The van der Waals surface area contributed by atoms with Gasteiger partial charge >= 0.3 is 0 Å². The second-order valence-electron chi connectivity index (χ2n) is 5.94. The Hall–Kier alpha value is -1.98. The first-order chi connectivity index (χ1) is 12.7. The molecule has 0 saturated heterocycles. The van der Waals surface area contributed by atoms with Crippen LogP contribution in [-0.2, 0) is 4.79 Å². The smallest absolute Gasteiger partial charge is 0.230 e. The lowest BCUT2D eigenvalue weighted by atomic mass is 10.0. The van der Waals surface area contributed by atoms with Crippen molar-refractivity contribution in [2.24, 2.45) is 0 Å². The molecule has 0 radical (unpaired) electrons. The third-order valence-corrected chi connectivity index (χ3v) is 5.05. The number of para-hydroxylation sites is 1. The van der Waals surface area contributed by atoms with Crippen molar-refractivity contribution in [3.05, 3.63) is 65.7 Å². The fourth-order valence-corrected chi connectivity index (χ4v) is 3.53. The highest BCUT2D eigenvalue weighted by Crippen LogP contribution is 2.27. The molecule has 2 aromatic rings. The van der Waals surface area contributed by atoms with E-state index in [1.54, 1.807) is 0 Å². The summed E-state index contributed by atoms with van der Waals surface area (Å²) >= 11 is 1.43. The number of aliphatic hydroxyl groups is 1. The minimum absolute atomic E-state index is 0.0339. The number of hydrogen-bond acceptors (Lipinski definition) is 4. The molecule has 2 atom stereocenters. The molecular weight excluding hydrogens is 346 g/mol. The highest BCUT2D eigenvalue weighted by atomic mass is 32.2. The molecule has 0 fully saturated rings. The zero-order valence-electron chi connectivity index (χ0n) is 15.4. The number of aliphatic hydroxyl groups excluding tert-OH is 1. The van der Waals surface area contributed by atoms with E-state index >= 15 is 0 Å². The molecule has 2 aromatic carbocycles. The quantitative estimate of drug-likeness (QED) is 0.658. The monoisotopic (exact) mass is 373 g/mol. The predicted octanol–water partition coefficient (Wildman–Crippen LogP) is 4.12. The van der Waals surface area contributed by atoms with Gasteiger partial charge in [-0.3, -0.25) is 4.79 Å². The molecule has 0 bridgehead atoms. The van der Waals surface area contributed by atoms with Crippen LogP contribution >= 0.6 is 11.8 Å². The summed E-state index contributed by atoms with van der Waals surface area (Å²) < 4.78 is 5.67. The first-order valence-corrected chi connectivity index (χ1v) is 10.1. The van der Waals surface area contributed by atoms with Gasteiger partial charge in [0.15, 0.2) is 0 Å². The topological polar surface area (TPSA) is 58.6 Å². The molecule has 2 N–H and O–H groups in total. The Bertz CT molecular complexity index is 678. The van der Waals surface area contributed by atoms with Crippen LogP contribution in [0.4, 0.5) is 0 Å². The highest BCUT2D eigenvalue weighted by molar-refractivity contribution is 7.99. The Morgan fingerprint density at radius 3 is 2.50 bits per heavy atom. The number of hydrogen-bond donors (Lipinski definition) is 2. The van der Waals surface area contributed by atoms with Crippen LogP contribution in [0.3, 0.4) is 0 Å². The Labute approximate surface area is 160 Å². The molecule has 2 rings (SSSR count). The minimum Gasteiger partial charge on any atom is -0.494 e. The summed E-state index contributed by atoms with van der Waals surface area (Å²) in [6.45, 7) is 4.58. The van der Waals surface area contributed by atoms with Crippen LogP contribution in [0.25, 0.3) is 0 Å². The first kappa shape index (κ1) is 20.3. The zero-order valence-corrected chi connectivity index (χ0v) is 16.2. The Morgan fingerprint density at radius 2 is 1.81 bits per heavy atom. The third-order valence-electron chi connectivity index (χ3n) is 4.03. The second-order valence-corrected chi connectivity index (χ2v) is 6.97. The van der Waals surface area contributed by atoms with Crippen LogP contribution in [0.15, 0.2) is 54.6 Å². The van der Waals surface area contributed by atoms with E-state index in [-0.39, 0.29) is 11.9 Å². The van der Waals surface area contributed by atoms with Crippen molar-refractivity contribution in [2.45, 2.75) is 32.4 Å². The van der Waals surface area contributed by atoms with E-state index in [0.29, 0.717) is 18.1 Å². The SMILES string of the molecule is CCOc1ccccc1C(CC)NC(=O)CSCC(O)c1ccccc1. The van der Waals surface area contributed by atoms with Crippen molar-refractivity contribution >= 4 is 17.7 Å². The normalized spacial score (nSPS) is 13.0. The van der Waals surface area contributed by atoms with Gasteiger partial charge in [0, 0.05) is 11.3 Å². The van der Waals surface area contributed by atoms with Gasteiger partial charge in [-0.2, -0.15) is 0 Å². The molecule has 5 heteroatoms.